The Morgan fingerprint density at radius 3 is 1.43 bits per heavy atom. The first kappa shape index (κ1) is 27.4. The van der Waals surface area contributed by atoms with Crippen molar-refractivity contribution in [3.63, 3.8) is 0 Å². The minimum absolute atomic E-state index is 0.0324. The molecule has 0 fully saturated rings. The lowest BCUT2D eigenvalue weighted by atomic mass is 9.75. The minimum Gasteiger partial charge on any atom is -0.361 e. The van der Waals surface area contributed by atoms with E-state index in [0.717, 1.165) is 51.4 Å². The van der Waals surface area contributed by atoms with Crippen LogP contribution >= 0.6 is 0 Å². The van der Waals surface area contributed by atoms with Crippen LogP contribution < -0.4 is 0 Å². The topological polar surface area (TPSA) is 59.7 Å². The summed E-state index contributed by atoms with van der Waals surface area (Å²) in [5.41, 5.74) is 11.9. The number of hydrogen-bond acceptors (Lipinski definition) is 1. The average molecular weight is 539 g/mol. The van der Waals surface area contributed by atoms with Gasteiger partial charge in [0.25, 0.3) is 0 Å². The van der Waals surface area contributed by atoms with Gasteiger partial charge in [-0.3, -0.25) is 4.99 Å². The van der Waals surface area contributed by atoms with Crippen molar-refractivity contribution in [2.45, 2.75) is 134 Å². The molecule has 1 atom stereocenters. The number of H-pyrrole nitrogens is 3. The van der Waals surface area contributed by atoms with E-state index in [1.165, 1.54) is 51.1 Å². The number of fused-ring (bicyclic) bond motifs is 5. The summed E-state index contributed by atoms with van der Waals surface area (Å²) in [6.45, 7) is 18.8. The van der Waals surface area contributed by atoms with Crippen molar-refractivity contribution in [2.75, 3.05) is 0 Å². The highest BCUT2D eigenvalue weighted by Crippen LogP contribution is 2.56. The van der Waals surface area contributed by atoms with Gasteiger partial charge in [-0.2, -0.15) is 0 Å². The van der Waals surface area contributed by atoms with E-state index in [1.54, 1.807) is 0 Å². The first-order chi connectivity index (χ1) is 19.3. The third-order valence-electron chi connectivity index (χ3n) is 12.3. The third kappa shape index (κ3) is 3.11. The quantitative estimate of drug-likeness (QED) is 0.256. The molecule has 4 nitrogen and oxygen atoms in total. The molecular formula is C36H50N4. The second-order valence-electron chi connectivity index (χ2n) is 12.8. The molecule has 8 bridgehead atoms. The standard InChI is InChI=1S/C36H50N4/c1-9-33(10-2)25-17-19-27(37-25)34(11-3,12-4)29-21-23-24-22-30(35(13-5,14-6)28-20-18-26(33)38-28)40-32(24)36(15-7,16-8)31(23)39-29/h17-23,37-38,40H,9-16H2,1-8H3. The number of nitrogens with one attached hydrogen (secondary N) is 3. The normalized spacial score (nSPS) is 22.6. The molecule has 3 N–H and O–H groups in total. The largest absolute Gasteiger partial charge is 0.361 e. The molecule has 1 aliphatic carbocycles. The van der Waals surface area contributed by atoms with E-state index < -0.39 is 0 Å². The molecule has 0 amide bonds. The Kier molecular flexibility index (Phi) is 6.44. The first-order valence-electron chi connectivity index (χ1n) is 16.3. The van der Waals surface area contributed by atoms with Crippen molar-refractivity contribution >= 4 is 5.71 Å². The summed E-state index contributed by atoms with van der Waals surface area (Å²) in [5.74, 6) is 0.267. The van der Waals surface area contributed by atoms with Gasteiger partial charge in [0.15, 0.2) is 0 Å². The molecule has 214 valence electrons. The molecule has 1 unspecified atom stereocenters. The van der Waals surface area contributed by atoms with Crippen LogP contribution in [0.1, 0.15) is 152 Å². The van der Waals surface area contributed by atoms with Crippen molar-refractivity contribution in [1.82, 2.24) is 15.0 Å². The van der Waals surface area contributed by atoms with Crippen molar-refractivity contribution in [1.29, 1.82) is 0 Å². The minimum atomic E-state index is -0.118. The highest BCUT2D eigenvalue weighted by atomic mass is 14.9. The molecule has 0 aromatic carbocycles. The van der Waals surface area contributed by atoms with Gasteiger partial charge in [0.1, 0.15) is 0 Å². The lowest BCUT2D eigenvalue weighted by Gasteiger charge is -2.35. The van der Waals surface area contributed by atoms with E-state index in [2.05, 4.69) is 107 Å². The zero-order chi connectivity index (χ0) is 28.5. The van der Waals surface area contributed by atoms with Crippen LogP contribution in [0.15, 0.2) is 47.1 Å². The van der Waals surface area contributed by atoms with Gasteiger partial charge >= 0.3 is 0 Å². The Hall–Kier alpha value is -2.75. The molecule has 0 radical (unpaired) electrons. The molecule has 0 saturated heterocycles. The Morgan fingerprint density at radius 2 is 0.975 bits per heavy atom. The van der Waals surface area contributed by atoms with Gasteiger partial charge < -0.3 is 15.0 Å². The number of allylic oxidation sites excluding steroid dienone is 2. The summed E-state index contributed by atoms with van der Waals surface area (Å²) in [7, 11) is 0. The molecule has 6 rings (SSSR count). The second kappa shape index (κ2) is 9.39. The van der Waals surface area contributed by atoms with Gasteiger partial charge in [0, 0.05) is 67.7 Å². The molecule has 0 spiro atoms. The summed E-state index contributed by atoms with van der Waals surface area (Å²) in [6.07, 6.45) is 10.9. The van der Waals surface area contributed by atoms with Crippen molar-refractivity contribution in [3.05, 3.63) is 81.8 Å². The van der Waals surface area contributed by atoms with Crippen LogP contribution in [0.2, 0.25) is 0 Å². The van der Waals surface area contributed by atoms with E-state index >= 15 is 0 Å². The van der Waals surface area contributed by atoms with Gasteiger partial charge in [-0.05, 0) is 93.3 Å². The maximum absolute atomic E-state index is 5.65. The highest BCUT2D eigenvalue weighted by molar-refractivity contribution is 6.07. The number of aromatic amines is 3. The highest BCUT2D eigenvalue weighted by Gasteiger charge is 2.53. The first-order valence-corrected chi connectivity index (χ1v) is 16.3. The second-order valence-corrected chi connectivity index (χ2v) is 12.8. The molecule has 5 heterocycles. The maximum Gasteiger partial charge on any atom is 0.0517 e. The Labute approximate surface area is 241 Å². The van der Waals surface area contributed by atoms with E-state index in [1.807, 2.05) is 0 Å². The predicted octanol–water partition coefficient (Wildman–Crippen LogP) is 9.45. The van der Waals surface area contributed by atoms with Crippen LogP contribution in [0.25, 0.3) is 0 Å². The smallest absolute Gasteiger partial charge is 0.0517 e. The van der Waals surface area contributed by atoms with Gasteiger partial charge in [-0.1, -0.05) is 55.4 Å². The molecular weight excluding hydrogens is 488 g/mol. The molecule has 3 aromatic rings. The summed E-state index contributed by atoms with van der Waals surface area (Å²) >= 11 is 0. The third-order valence-corrected chi connectivity index (χ3v) is 12.3. The Balaban J connectivity index is 1.72. The number of hydrogen-bond donors (Lipinski definition) is 3. The number of rotatable bonds is 8. The van der Waals surface area contributed by atoms with E-state index in [-0.39, 0.29) is 27.6 Å². The predicted molar refractivity (Wildman–Crippen MR) is 168 cm³/mol. The fraction of sp³-hybridized carbons (Fsp3) is 0.583. The number of aliphatic imine (C=N–C) groups is 1. The van der Waals surface area contributed by atoms with Gasteiger partial charge in [0.2, 0.25) is 0 Å². The summed E-state index contributed by atoms with van der Waals surface area (Å²) < 4.78 is 0. The monoisotopic (exact) mass is 538 g/mol. The Morgan fingerprint density at radius 1 is 0.550 bits per heavy atom. The summed E-state index contributed by atoms with van der Waals surface area (Å²) in [4.78, 5) is 17.8. The zero-order valence-corrected chi connectivity index (χ0v) is 26.1. The van der Waals surface area contributed by atoms with Crippen molar-refractivity contribution in [3.8, 4) is 0 Å². The Bertz CT molecular complexity index is 1450. The summed E-state index contributed by atoms with van der Waals surface area (Å²) in [6, 6.07) is 12.1. The molecule has 3 aromatic heterocycles. The number of aromatic nitrogens is 3. The lowest BCUT2D eigenvalue weighted by molar-refractivity contribution is 0.423. The van der Waals surface area contributed by atoms with Crippen LogP contribution in [-0.2, 0) is 21.7 Å². The van der Waals surface area contributed by atoms with Crippen LogP contribution in [0.5, 0.6) is 0 Å². The fourth-order valence-electron chi connectivity index (χ4n) is 9.20. The van der Waals surface area contributed by atoms with Gasteiger partial charge in [-0.15, -0.1) is 0 Å². The van der Waals surface area contributed by atoms with Crippen LogP contribution in [0, 0.1) is 0 Å². The summed E-state index contributed by atoms with van der Waals surface area (Å²) in [5, 5.41) is 0. The molecule has 4 heteroatoms. The maximum atomic E-state index is 5.65. The van der Waals surface area contributed by atoms with Crippen molar-refractivity contribution in [2.24, 2.45) is 4.99 Å². The molecule has 40 heavy (non-hydrogen) atoms. The number of nitrogens with zero attached hydrogens (tertiary/aromatic N) is 1. The van der Waals surface area contributed by atoms with E-state index in [0.29, 0.717) is 0 Å². The van der Waals surface area contributed by atoms with Crippen LogP contribution in [0.3, 0.4) is 0 Å². The fourth-order valence-corrected chi connectivity index (χ4v) is 9.20. The van der Waals surface area contributed by atoms with Gasteiger partial charge in [0.05, 0.1) is 5.41 Å². The molecule has 3 aliphatic rings. The van der Waals surface area contributed by atoms with Gasteiger partial charge in [-0.25, -0.2) is 0 Å². The van der Waals surface area contributed by atoms with Crippen molar-refractivity contribution < 1.29 is 0 Å². The molecule has 2 aliphatic heterocycles. The SMILES string of the molecule is CCC1(CC)C2=CC3C(=N2)C(CC)(CC)c2[nH]c(cc23)C(CC)(CC)c2ccc([nH]2)C(CC)(CC)c2ccc1[nH]2. The lowest BCUT2D eigenvalue weighted by Crippen LogP contribution is -2.34. The van der Waals surface area contributed by atoms with Crippen LogP contribution in [0.4, 0.5) is 0 Å². The van der Waals surface area contributed by atoms with E-state index in [4.69, 9.17) is 4.99 Å². The zero-order valence-electron chi connectivity index (χ0n) is 26.1. The molecule has 0 saturated carbocycles. The van der Waals surface area contributed by atoms with E-state index in [9.17, 15) is 0 Å². The van der Waals surface area contributed by atoms with Crippen LogP contribution in [-0.4, -0.2) is 20.7 Å². The average Bonchev–Trinajstić information content (AvgIpc) is 3.81.